The number of benzene rings is 2. The molecule has 0 aliphatic heterocycles. The molecule has 0 atom stereocenters. The molecule has 0 aliphatic carbocycles. The van der Waals surface area contributed by atoms with Crippen LogP contribution < -0.4 is 10.0 Å². The largest absolute Gasteiger partial charge is 0.350 e. The number of halogens is 1. The van der Waals surface area contributed by atoms with E-state index in [9.17, 15) is 13.2 Å². The van der Waals surface area contributed by atoms with E-state index in [0.29, 0.717) is 17.0 Å². The summed E-state index contributed by atoms with van der Waals surface area (Å²) in [5, 5.41) is 3.38. The van der Waals surface area contributed by atoms with Gasteiger partial charge in [0, 0.05) is 23.2 Å². The predicted octanol–water partition coefficient (Wildman–Crippen LogP) is 3.00. The second-order valence-electron chi connectivity index (χ2n) is 5.93. The minimum Gasteiger partial charge on any atom is -0.350 e. The molecule has 7 heteroatoms. The highest BCUT2D eigenvalue weighted by molar-refractivity contribution is 7.89. The Balaban J connectivity index is 1.98. The summed E-state index contributed by atoms with van der Waals surface area (Å²) in [5.41, 5.74) is 1.38. The van der Waals surface area contributed by atoms with E-state index < -0.39 is 10.0 Å². The molecule has 0 saturated carbocycles. The van der Waals surface area contributed by atoms with E-state index in [4.69, 9.17) is 11.6 Å². The van der Waals surface area contributed by atoms with Gasteiger partial charge in [0.2, 0.25) is 10.0 Å². The molecule has 2 N–H and O–H groups in total. The quantitative estimate of drug-likeness (QED) is 0.775. The van der Waals surface area contributed by atoms with E-state index in [1.165, 1.54) is 24.3 Å². The second-order valence-corrected chi connectivity index (χ2v) is 8.13. The van der Waals surface area contributed by atoms with E-state index in [-0.39, 0.29) is 23.4 Å². The molecular weight excluding hydrogens is 360 g/mol. The Labute approximate surface area is 153 Å². The van der Waals surface area contributed by atoms with Gasteiger partial charge in [-0.1, -0.05) is 23.7 Å². The average Bonchev–Trinajstić information content (AvgIpc) is 2.54. The van der Waals surface area contributed by atoms with Crippen LogP contribution in [0.4, 0.5) is 0 Å². The maximum Gasteiger partial charge on any atom is 0.251 e. The van der Waals surface area contributed by atoms with E-state index in [2.05, 4.69) is 10.0 Å². The molecule has 134 valence electrons. The van der Waals surface area contributed by atoms with Crippen LogP contribution in [0.25, 0.3) is 0 Å². The topological polar surface area (TPSA) is 75.3 Å². The van der Waals surface area contributed by atoms with Gasteiger partial charge in [-0.3, -0.25) is 4.79 Å². The van der Waals surface area contributed by atoms with Crippen LogP contribution in [0.1, 0.15) is 29.8 Å². The lowest BCUT2D eigenvalue weighted by Gasteiger charge is -2.10. The van der Waals surface area contributed by atoms with Crippen molar-refractivity contribution in [3.8, 4) is 0 Å². The molecule has 25 heavy (non-hydrogen) atoms. The SMILES string of the molecule is CC(C)NC(=O)c1ccc(S(=O)(=O)NCCc2cccc(Cl)c2)cc1. The molecule has 2 rings (SSSR count). The van der Waals surface area contributed by atoms with Crippen molar-refractivity contribution < 1.29 is 13.2 Å². The molecule has 5 nitrogen and oxygen atoms in total. The van der Waals surface area contributed by atoms with Gasteiger partial charge >= 0.3 is 0 Å². The fourth-order valence-electron chi connectivity index (χ4n) is 2.24. The van der Waals surface area contributed by atoms with E-state index in [1.807, 2.05) is 26.0 Å². The van der Waals surface area contributed by atoms with Crippen molar-refractivity contribution in [1.29, 1.82) is 0 Å². The van der Waals surface area contributed by atoms with Crippen molar-refractivity contribution in [2.45, 2.75) is 31.2 Å². The zero-order valence-corrected chi connectivity index (χ0v) is 15.7. The van der Waals surface area contributed by atoms with Crippen molar-refractivity contribution in [1.82, 2.24) is 10.0 Å². The molecule has 0 heterocycles. The fraction of sp³-hybridized carbons (Fsp3) is 0.278. The van der Waals surface area contributed by atoms with Crippen LogP contribution in [0.5, 0.6) is 0 Å². The number of carbonyl (C=O) groups excluding carboxylic acids is 1. The third kappa shape index (κ3) is 5.85. The van der Waals surface area contributed by atoms with E-state index in [0.717, 1.165) is 5.56 Å². The Morgan fingerprint density at radius 2 is 1.80 bits per heavy atom. The Kier molecular flexibility index (Phi) is 6.58. The first-order valence-corrected chi connectivity index (χ1v) is 9.79. The number of hydrogen-bond donors (Lipinski definition) is 2. The number of carbonyl (C=O) groups is 1. The molecule has 1 amide bonds. The molecule has 2 aromatic carbocycles. The van der Waals surface area contributed by atoms with Gasteiger partial charge in [-0.15, -0.1) is 0 Å². The summed E-state index contributed by atoms with van der Waals surface area (Å²) >= 11 is 5.91. The first-order chi connectivity index (χ1) is 11.8. The summed E-state index contributed by atoms with van der Waals surface area (Å²) in [4.78, 5) is 12.0. The van der Waals surface area contributed by atoms with Crippen LogP contribution in [0.15, 0.2) is 53.4 Å². The maximum absolute atomic E-state index is 12.3. The minimum atomic E-state index is -3.62. The van der Waals surface area contributed by atoms with Crippen LogP contribution in [0, 0.1) is 0 Å². The van der Waals surface area contributed by atoms with Crippen molar-refractivity contribution >= 4 is 27.5 Å². The highest BCUT2D eigenvalue weighted by atomic mass is 35.5. The first-order valence-electron chi connectivity index (χ1n) is 7.93. The normalized spacial score (nSPS) is 11.5. The van der Waals surface area contributed by atoms with Gasteiger partial charge in [0.1, 0.15) is 0 Å². The minimum absolute atomic E-state index is 0.0177. The van der Waals surface area contributed by atoms with Gasteiger partial charge in [-0.25, -0.2) is 13.1 Å². The Hall–Kier alpha value is -1.89. The third-order valence-electron chi connectivity index (χ3n) is 3.44. The summed E-state index contributed by atoms with van der Waals surface area (Å²) < 4.78 is 27.2. The lowest BCUT2D eigenvalue weighted by atomic mass is 10.2. The molecule has 0 bridgehead atoms. The van der Waals surface area contributed by atoms with E-state index in [1.54, 1.807) is 12.1 Å². The maximum atomic E-state index is 12.3. The number of sulfonamides is 1. The Morgan fingerprint density at radius 1 is 1.12 bits per heavy atom. The van der Waals surface area contributed by atoms with Crippen molar-refractivity contribution in [2.75, 3.05) is 6.54 Å². The number of rotatable bonds is 7. The second kappa shape index (κ2) is 8.47. The Bertz CT molecular complexity index is 834. The summed E-state index contributed by atoms with van der Waals surface area (Å²) in [6, 6.07) is 13.2. The monoisotopic (exact) mass is 380 g/mol. The van der Waals surface area contributed by atoms with Gasteiger partial charge in [-0.05, 0) is 62.2 Å². The summed E-state index contributed by atoms with van der Waals surface area (Å²) in [7, 11) is -3.62. The van der Waals surface area contributed by atoms with Crippen LogP contribution in [0.3, 0.4) is 0 Å². The zero-order valence-electron chi connectivity index (χ0n) is 14.1. The van der Waals surface area contributed by atoms with Crippen LogP contribution >= 0.6 is 11.6 Å². The van der Waals surface area contributed by atoms with E-state index >= 15 is 0 Å². The Morgan fingerprint density at radius 3 is 2.40 bits per heavy atom. The highest BCUT2D eigenvalue weighted by Crippen LogP contribution is 2.13. The smallest absolute Gasteiger partial charge is 0.251 e. The zero-order chi connectivity index (χ0) is 18.4. The lowest BCUT2D eigenvalue weighted by molar-refractivity contribution is 0.0943. The first kappa shape index (κ1) is 19.4. The average molecular weight is 381 g/mol. The molecule has 0 fully saturated rings. The molecular formula is C18H21ClN2O3S. The van der Waals surface area contributed by atoms with Crippen molar-refractivity contribution in [3.05, 3.63) is 64.7 Å². The molecule has 0 saturated heterocycles. The van der Waals surface area contributed by atoms with Crippen LogP contribution in [-0.4, -0.2) is 26.9 Å². The fourth-order valence-corrected chi connectivity index (χ4v) is 3.48. The van der Waals surface area contributed by atoms with Crippen LogP contribution in [0.2, 0.25) is 5.02 Å². The van der Waals surface area contributed by atoms with Gasteiger partial charge in [0.25, 0.3) is 5.91 Å². The molecule has 0 spiro atoms. The summed E-state index contributed by atoms with van der Waals surface area (Å²) in [6.45, 7) is 3.99. The molecule has 0 aromatic heterocycles. The lowest BCUT2D eigenvalue weighted by Crippen LogP contribution is -2.30. The predicted molar refractivity (Wildman–Crippen MR) is 99.4 cm³/mol. The van der Waals surface area contributed by atoms with Crippen molar-refractivity contribution in [2.24, 2.45) is 0 Å². The van der Waals surface area contributed by atoms with Crippen molar-refractivity contribution in [3.63, 3.8) is 0 Å². The third-order valence-corrected chi connectivity index (χ3v) is 5.15. The van der Waals surface area contributed by atoms with Gasteiger partial charge < -0.3 is 5.32 Å². The van der Waals surface area contributed by atoms with Gasteiger partial charge in [0.05, 0.1) is 4.90 Å². The summed E-state index contributed by atoms with van der Waals surface area (Å²) in [5.74, 6) is -0.229. The standard InChI is InChI=1S/C18H21ClN2O3S/c1-13(2)21-18(22)15-6-8-17(9-7-15)25(23,24)20-11-10-14-4-3-5-16(19)12-14/h3-9,12-13,20H,10-11H2,1-2H3,(H,21,22). The summed E-state index contributed by atoms with van der Waals surface area (Å²) in [6.07, 6.45) is 0.536. The molecule has 0 radical (unpaired) electrons. The number of hydrogen-bond acceptors (Lipinski definition) is 3. The highest BCUT2D eigenvalue weighted by Gasteiger charge is 2.15. The van der Waals surface area contributed by atoms with Gasteiger partial charge in [-0.2, -0.15) is 0 Å². The molecule has 0 aliphatic rings. The number of nitrogens with one attached hydrogen (secondary N) is 2. The van der Waals surface area contributed by atoms with Crippen LogP contribution in [-0.2, 0) is 16.4 Å². The number of amides is 1. The molecule has 0 unspecified atom stereocenters. The van der Waals surface area contributed by atoms with Gasteiger partial charge in [0.15, 0.2) is 0 Å². The molecule has 2 aromatic rings.